The lowest BCUT2D eigenvalue weighted by Crippen LogP contribution is -2.50. The van der Waals surface area contributed by atoms with E-state index in [1.165, 1.54) is 70.6 Å². The summed E-state index contributed by atoms with van der Waals surface area (Å²) in [6, 6.07) is -1.02. The van der Waals surface area contributed by atoms with Gasteiger partial charge in [0.05, 0.1) is 6.61 Å². The van der Waals surface area contributed by atoms with Crippen LogP contribution in [0.2, 0.25) is 0 Å². The van der Waals surface area contributed by atoms with Gasteiger partial charge in [0.25, 0.3) is 0 Å². The smallest absolute Gasteiger partial charge is 0.408 e. The van der Waals surface area contributed by atoms with Gasteiger partial charge in [-0.05, 0) is 53.1 Å². The number of hydrogen-bond acceptors (Lipinski definition) is 6. The van der Waals surface area contributed by atoms with Crippen LogP contribution in [0.25, 0.3) is 0 Å². The Labute approximate surface area is 233 Å². The van der Waals surface area contributed by atoms with Gasteiger partial charge in [0.15, 0.2) is 0 Å². The van der Waals surface area contributed by atoms with Crippen molar-refractivity contribution in [1.82, 2.24) is 16.0 Å². The lowest BCUT2D eigenvalue weighted by atomic mass is 10.1. The van der Waals surface area contributed by atoms with E-state index >= 15 is 0 Å². The number of halogens is 1. The molecule has 1 atom stereocenters. The lowest BCUT2D eigenvalue weighted by molar-refractivity contribution is -0.124. The highest BCUT2D eigenvalue weighted by atomic mass is 35.5. The second-order valence-electron chi connectivity index (χ2n) is 10.6. The molecular formula is C28H58ClN3O5. The van der Waals surface area contributed by atoms with Crippen LogP contribution in [0, 0.1) is 0 Å². The van der Waals surface area contributed by atoms with Crippen LogP contribution in [-0.4, -0.2) is 68.2 Å². The molecular weight excluding hydrogens is 494 g/mol. The molecule has 0 aromatic heterocycles. The molecule has 0 aliphatic rings. The first-order chi connectivity index (χ1) is 17.3. The van der Waals surface area contributed by atoms with Crippen LogP contribution < -0.4 is 16.0 Å². The zero-order valence-corrected chi connectivity index (χ0v) is 25.0. The van der Waals surface area contributed by atoms with Gasteiger partial charge in [-0.2, -0.15) is 0 Å². The average molecular weight is 552 g/mol. The number of unbranched alkanes of at least 4 members (excludes halogenated alkanes) is 11. The molecule has 4 N–H and O–H groups in total. The third-order valence-corrected chi connectivity index (χ3v) is 5.80. The van der Waals surface area contributed by atoms with Crippen molar-refractivity contribution >= 4 is 24.4 Å². The fourth-order valence-electron chi connectivity index (χ4n) is 3.76. The highest BCUT2D eigenvalue weighted by Crippen LogP contribution is 2.12. The number of hydrogen-bond donors (Lipinski definition) is 4. The molecule has 0 saturated carbocycles. The highest BCUT2D eigenvalue weighted by Gasteiger charge is 2.23. The minimum Gasteiger partial charge on any atom is -0.444 e. The van der Waals surface area contributed by atoms with E-state index in [9.17, 15) is 14.7 Å². The number of alkyl carbamates (subject to hydrolysis) is 1. The fraction of sp³-hybridized carbons (Fsp3) is 0.929. The van der Waals surface area contributed by atoms with Crippen molar-refractivity contribution in [3.63, 3.8) is 0 Å². The molecule has 0 aliphatic heterocycles. The first-order valence-corrected chi connectivity index (χ1v) is 14.5. The molecule has 0 aromatic carbocycles. The normalized spacial score (nSPS) is 12.0. The molecule has 37 heavy (non-hydrogen) atoms. The first kappa shape index (κ1) is 38.1. The summed E-state index contributed by atoms with van der Waals surface area (Å²) in [5, 5.41) is 17.8. The zero-order chi connectivity index (χ0) is 26.9. The van der Waals surface area contributed by atoms with Gasteiger partial charge < -0.3 is 30.5 Å². The van der Waals surface area contributed by atoms with Gasteiger partial charge in [-0.1, -0.05) is 77.6 Å². The number of nitrogens with one attached hydrogen (secondary N) is 3. The maximum atomic E-state index is 12.1. The Hall–Kier alpha value is -1.09. The van der Waals surface area contributed by atoms with Crippen LogP contribution in [0.3, 0.4) is 0 Å². The molecule has 0 rings (SSSR count). The average Bonchev–Trinajstić information content (AvgIpc) is 2.82. The zero-order valence-electron chi connectivity index (χ0n) is 24.2. The summed E-state index contributed by atoms with van der Waals surface area (Å²) in [7, 11) is 0. The number of rotatable bonds is 24. The SMILES string of the molecule is CCCCCCCCCCCCCCOCCCNCCCNC(=O)[C@@H](CO)NC(=O)OC(C)(C)C.Cl. The number of amides is 2. The molecule has 2 amide bonds. The molecule has 8 nitrogen and oxygen atoms in total. The van der Waals surface area contributed by atoms with Gasteiger partial charge in [0, 0.05) is 19.8 Å². The van der Waals surface area contributed by atoms with Crippen molar-refractivity contribution in [3.05, 3.63) is 0 Å². The number of carbonyl (C=O) groups is 2. The van der Waals surface area contributed by atoms with Crippen LogP contribution in [0.15, 0.2) is 0 Å². The molecule has 0 radical (unpaired) electrons. The van der Waals surface area contributed by atoms with Gasteiger partial charge in [0.2, 0.25) is 5.91 Å². The Bertz CT molecular complexity index is 532. The minimum absolute atomic E-state index is 0. The third-order valence-electron chi connectivity index (χ3n) is 5.80. The summed E-state index contributed by atoms with van der Waals surface area (Å²) < 4.78 is 10.8. The Kier molecular flexibility index (Phi) is 27.3. The minimum atomic E-state index is -1.02. The summed E-state index contributed by atoms with van der Waals surface area (Å²) in [6.45, 7) is 10.7. The molecule has 0 heterocycles. The predicted molar refractivity (Wildman–Crippen MR) is 155 cm³/mol. The van der Waals surface area contributed by atoms with E-state index in [1.807, 2.05) is 0 Å². The van der Waals surface area contributed by atoms with Crippen LogP contribution in [-0.2, 0) is 14.3 Å². The van der Waals surface area contributed by atoms with E-state index in [0.29, 0.717) is 6.54 Å². The molecule has 0 saturated heterocycles. The Morgan fingerprint density at radius 1 is 0.757 bits per heavy atom. The second-order valence-corrected chi connectivity index (χ2v) is 10.6. The molecule has 0 bridgehead atoms. The van der Waals surface area contributed by atoms with Crippen molar-refractivity contribution in [2.45, 2.75) is 129 Å². The van der Waals surface area contributed by atoms with E-state index in [-0.39, 0.29) is 12.4 Å². The van der Waals surface area contributed by atoms with Crippen molar-refractivity contribution in [3.8, 4) is 0 Å². The van der Waals surface area contributed by atoms with Crippen LogP contribution in [0.5, 0.6) is 0 Å². The summed E-state index contributed by atoms with van der Waals surface area (Å²) in [5.41, 5.74) is -0.663. The maximum Gasteiger partial charge on any atom is 0.408 e. The van der Waals surface area contributed by atoms with E-state index in [4.69, 9.17) is 9.47 Å². The Morgan fingerprint density at radius 2 is 1.27 bits per heavy atom. The van der Waals surface area contributed by atoms with E-state index in [0.717, 1.165) is 45.6 Å². The van der Waals surface area contributed by atoms with Crippen LogP contribution >= 0.6 is 12.4 Å². The first-order valence-electron chi connectivity index (χ1n) is 14.5. The van der Waals surface area contributed by atoms with Crippen molar-refractivity contribution in [2.24, 2.45) is 0 Å². The standard InChI is InChI=1S/C28H57N3O5.ClH/c1-5-6-7-8-9-10-11-12-13-14-15-16-22-35-23-18-20-29-19-17-21-30-26(33)25(24-32)31-27(34)36-28(2,3)4;/h25,29,32H,5-24H2,1-4H3,(H,30,33)(H,31,34);1H/t25-;/m1./s1. The Morgan fingerprint density at radius 3 is 1.81 bits per heavy atom. The van der Waals surface area contributed by atoms with Crippen molar-refractivity contribution in [1.29, 1.82) is 0 Å². The summed E-state index contributed by atoms with van der Waals surface area (Å²) >= 11 is 0. The molecule has 0 fully saturated rings. The van der Waals surface area contributed by atoms with Gasteiger partial charge in [-0.3, -0.25) is 4.79 Å². The maximum absolute atomic E-state index is 12.1. The number of ether oxygens (including phenoxy) is 2. The molecule has 9 heteroatoms. The summed E-state index contributed by atoms with van der Waals surface area (Å²) in [6.07, 6.45) is 17.3. The van der Waals surface area contributed by atoms with E-state index < -0.39 is 30.3 Å². The van der Waals surface area contributed by atoms with Crippen molar-refractivity contribution in [2.75, 3.05) is 39.5 Å². The second kappa shape index (κ2) is 26.5. The molecule has 222 valence electrons. The number of aliphatic hydroxyl groups excluding tert-OH is 1. The monoisotopic (exact) mass is 551 g/mol. The lowest BCUT2D eigenvalue weighted by Gasteiger charge is -2.22. The van der Waals surface area contributed by atoms with Crippen LogP contribution in [0.1, 0.15) is 118 Å². The third kappa shape index (κ3) is 27.8. The van der Waals surface area contributed by atoms with Gasteiger partial charge >= 0.3 is 6.09 Å². The van der Waals surface area contributed by atoms with Gasteiger partial charge in [-0.25, -0.2) is 4.79 Å². The van der Waals surface area contributed by atoms with Crippen LogP contribution in [0.4, 0.5) is 4.79 Å². The topological polar surface area (TPSA) is 109 Å². The summed E-state index contributed by atoms with van der Waals surface area (Å²) in [4.78, 5) is 23.9. The number of carbonyl (C=O) groups excluding carboxylic acids is 2. The largest absolute Gasteiger partial charge is 0.444 e. The predicted octanol–water partition coefficient (Wildman–Crippen LogP) is 5.50. The molecule has 0 unspecified atom stereocenters. The Balaban J connectivity index is 0. The number of aliphatic hydroxyl groups is 1. The summed E-state index contributed by atoms with van der Waals surface area (Å²) in [5.74, 6) is -0.422. The molecule has 0 aromatic rings. The quantitative estimate of drug-likeness (QED) is 0.118. The van der Waals surface area contributed by atoms with E-state index in [2.05, 4.69) is 22.9 Å². The van der Waals surface area contributed by atoms with Gasteiger partial charge in [0.1, 0.15) is 11.6 Å². The highest BCUT2D eigenvalue weighted by molar-refractivity contribution is 5.86. The molecule has 0 aliphatic carbocycles. The van der Waals surface area contributed by atoms with Crippen molar-refractivity contribution < 1.29 is 24.2 Å². The fourth-order valence-corrected chi connectivity index (χ4v) is 3.76. The van der Waals surface area contributed by atoms with E-state index in [1.54, 1.807) is 20.8 Å². The van der Waals surface area contributed by atoms with Gasteiger partial charge in [-0.15, -0.1) is 12.4 Å². The molecule has 0 spiro atoms.